The van der Waals surface area contributed by atoms with Crippen LogP contribution in [0.15, 0.2) is 42.6 Å². The third kappa shape index (κ3) is 6.65. The van der Waals surface area contributed by atoms with Gasteiger partial charge >= 0.3 is 0 Å². The topological polar surface area (TPSA) is 54.9 Å². The molecule has 0 unspecified atom stereocenters. The number of hydrogen-bond donors (Lipinski definition) is 0. The number of rotatable bonds is 10. The fourth-order valence-electron chi connectivity index (χ4n) is 4.99. The van der Waals surface area contributed by atoms with Gasteiger partial charge in [0.15, 0.2) is 0 Å². The van der Waals surface area contributed by atoms with Crippen LogP contribution in [0.3, 0.4) is 0 Å². The lowest BCUT2D eigenvalue weighted by Crippen LogP contribution is -2.57. The molecule has 2 aromatic rings. The third-order valence-corrected chi connectivity index (χ3v) is 7.09. The minimum atomic E-state index is -0.0645. The van der Waals surface area contributed by atoms with Crippen molar-refractivity contribution in [2.75, 3.05) is 50.9 Å². The summed E-state index contributed by atoms with van der Waals surface area (Å²) in [6.45, 7) is 11.3. The van der Waals surface area contributed by atoms with E-state index >= 15 is 0 Å². The van der Waals surface area contributed by atoms with Crippen LogP contribution in [0.4, 0.5) is 5.82 Å². The van der Waals surface area contributed by atoms with Crippen molar-refractivity contribution >= 4 is 12.1 Å². The molecule has 2 fully saturated rings. The van der Waals surface area contributed by atoms with Gasteiger partial charge in [0.05, 0.1) is 25.4 Å². The number of carbonyl (C=O) groups excluding carboxylic acids is 1. The van der Waals surface area contributed by atoms with Gasteiger partial charge in [-0.1, -0.05) is 38.1 Å². The molecule has 0 atom stereocenters. The van der Waals surface area contributed by atoms with Crippen molar-refractivity contribution in [2.45, 2.75) is 57.6 Å². The van der Waals surface area contributed by atoms with Gasteiger partial charge in [-0.2, -0.15) is 0 Å². The minimum Gasteiger partial charge on any atom is -0.381 e. The molecule has 2 saturated heterocycles. The molecule has 2 aliphatic rings. The maximum atomic E-state index is 10.4. The van der Waals surface area contributed by atoms with E-state index < -0.39 is 0 Å². The van der Waals surface area contributed by atoms with Gasteiger partial charge < -0.3 is 19.2 Å². The fourth-order valence-corrected chi connectivity index (χ4v) is 4.99. The molecule has 2 aliphatic heterocycles. The number of piperidine rings is 1. The van der Waals surface area contributed by atoms with Crippen molar-refractivity contribution in [2.24, 2.45) is 0 Å². The highest BCUT2D eigenvalue weighted by Crippen LogP contribution is 2.33. The SMILES string of the molecule is CC(C)c1ccnc(N2CCOC3(CCN(Cc4cccc(CCOCCC=O)c4)CC3)C2)c1. The molecule has 4 rings (SSSR count). The van der Waals surface area contributed by atoms with Crippen molar-refractivity contribution in [3.8, 4) is 0 Å². The van der Waals surface area contributed by atoms with Gasteiger partial charge in [0, 0.05) is 45.3 Å². The number of pyridine rings is 1. The van der Waals surface area contributed by atoms with Crippen LogP contribution >= 0.6 is 0 Å². The van der Waals surface area contributed by atoms with E-state index in [1.54, 1.807) is 0 Å². The molecular formula is C28H39N3O3. The number of ether oxygens (including phenoxy) is 2. The standard InChI is InChI=1S/C28H39N3O3/c1-23(2)26-7-11-29-27(20-26)31-14-18-34-28(22-31)9-12-30(13-10-28)21-25-6-3-5-24(19-25)8-17-33-16-4-15-32/h3,5-7,11,15,19-20,23H,4,8-10,12-14,16-18,21-22H2,1-2H3. The van der Waals surface area contributed by atoms with Crippen LogP contribution in [0, 0.1) is 0 Å². The summed E-state index contributed by atoms with van der Waals surface area (Å²) < 4.78 is 11.9. The molecule has 6 heteroatoms. The van der Waals surface area contributed by atoms with Crippen LogP contribution < -0.4 is 4.90 Å². The first-order valence-corrected chi connectivity index (χ1v) is 12.7. The third-order valence-electron chi connectivity index (χ3n) is 7.09. The van der Waals surface area contributed by atoms with Crippen LogP contribution in [-0.2, 0) is 27.2 Å². The summed E-state index contributed by atoms with van der Waals surface area (Å²) in [5.74, 6) is 1.59. The van der Waals surface area contributed by atoms with E-state index in [-0.39, 0.29) is 5.60 Å². The van der Waals surface area contributed by atoms with Crippen LogP contribution in [0.2, 0.25) is 0 Å². The molecule has 0 aliphatic carbocycles. The van der Waals surface area contributed by atoms with E-state index in [0.717, 1.165) is 70.7 Å². The van der Waals surface area contributed by atoms with Gasteiger partial charge in [-0.15, -0.1) is 0 Å². The summed E-state index contributed by atoms with van der Waals surface area (Å²) in [4.78, 5) is 20.0. The zero-order chi connectivity index (χ0) is 23.8. The molecule has 1 spiro atoms. The summed E-state index contributed by atoms with van der Waals surface area (Å²) in [6.07, 6.45) is 6.31. The summed E-state index contributed by atoms with van der Waals surface area (Å²) >= 11 is 0. The van der Waals surface area contributed by atoms with E-state index in [2.05, 4.69) is 65.0 Å². The van der Waals surface area contributed by atoms with E-state index in [1.807, 2.05) is 6.20 Å². The number of carbonyl (C=O) groups is 1. The smallest absolute Gasteiger partial charge is 0.128 e. The molecule has 3 heterocycles. The van der Waals surface area contributed by atoms with Gasteiger partial charge in [0.25, 0.3) is 0 Å². The Hall–Kier alpha value is -2.28. The molecule has 34 heavy (non-hydrogen) atoms. The van der Waals surface area contributed by atoms with Crippen LogP contribution in [0.1, 0.15) is 55.7 Å². The first-order chi connectivity index (χ1) is 16.6. The minimum absolute atomic E-state index is 0.0645. The van der Waals surface area contributed by atoms with E-state index in [1.165, 1.54) is 16.7 Å². The quantitative estimate of drug-likeness (QED) is 0.387. The van der Waals surface area contributed by atoms with Crippen molar-refractivity contribution in [3.63, 3.8) is 0 Å². The van der Waals surface area contributed by atoms with E-state index in [0.29, 0.717) is 25.6 Å². The maximum absolute atomic E-state index is 10.4. The van der Waals surface area contributed by atoms with Crippen molar-refractivity contribution < 1.29 is 14.3 Å². The zero-order valence-corrected chi connectivity index (χ0v) is 20.7. The monoisotopic (exact) mass is 465 g/mol. The van der Waals surface area contributed by atoms with E-state index in [9.17, 15) is 4.79 Å². The predicted molar refractivity (Wildman–Crippen MR) is 135 cm³/mol. The first-order valence-electron chi connectivity index (χ1n) is 12.7. The molecule has 0 bridgehead atoms. The zero-order valence-electron chi connectivity index (χ0n) is 20.7. The fraction of sp³-hybridized carbons (Fsp3) is 0.571. The Labute approximate surface area is 204 Å². The highest BCUT2D eigenvalue weighted by atomic mass is 16.5. The van der Waals surface area contributed by atoms with E-state index in [4.69, 9.17) is 9.47 Å². The van der Waals surface area contributed by atoms with Gasteiger partial charge in [0.1, 0.15) is 12.1 Å². The Morgan fingerprint density at radius 1 is 1.12 bits per heavy atom. The Kier molecular flexibility index (Phi) is 8.70. The van der Waals surface area contributed by atoms with Gasteiger partial charge in [-0.05, 0) is 54.0 Å². The Morgan fingerprint density at radius 2 is 1.94 bits per heavy atom. The lowest BCUT2D eigenvalue weighted by molar-refractivity contribution is -0.108. The molecule has 184 valence electrons. The molecule has 1 aromatic heterocycles. The lowest BCUT2D eigenvalue weighted by atomic mass is 9.89. The summed E-state index contributed by atoms with van der Waals surface area (Å²) in [6, 6.07) is 13.2. The summed E-state index contributed by atoms with van der Waals surface area (Å²) in [5, 5.41) is 0. The van der Waals surface area contributed by atoms with Crippen molar-refractivity contribution in [3.05, 3.63) is 59.3 Å². The molecule has 0 saturated carbocycles. The molecule has 0 radical (unpaired) electrons. The van der Waals surface area contributed by atoms with Crippen LogP contribution in [0.5, 0.6) is 0 Å². The number of nitrogens with zero attached hydrogens (tertiary/aromatic N) is 3. The molecule has 0 amide bonds. The average molecular weight is 466 g/mol. The Balaban J connectivity index is 1.29. The summed E-state index contributed by atoms with van der Waals surface area (Å²) in [5.41, 5.74) is 3.92. The van der Waals surface area contributed by atoms with Crippen LogP contribution in [-0.4, -0.2) is 67.8 Å². The van der Waals surface area contributed by atoms with Gasteiger partial charge in [-0.3, -0.25) is 4.90 Å². The Morgan fingerprint density at radius 3 is 2.74 bits per heavy atom. The molecular weight excluding hydrogens is 426 g/mol. The van der Waals surface area contributed by atoms with Crippen molar-refractivity contribution in [1.29, 1.82) is 0 Å². The first kappa shape index (κ1) is 24.8. The second kappa shape index (κ2) is 11.9. The number of aldehydes is 1. The largest absolute Gasteiger partial charge is 0.381 e. The number of anilines is 1. The summed E-state index contributed by atoms with van der Waals surface area (Å²) in [7, 11) is 0. The highest BCUT2D eigenvalue weighted by molar-refractivity contribution is 5.49. The Bertz CT molecular complexity index is 925. The predicted octanol–water partition coefficient (Wildman–Crippen LogP) is 4.22. The number of aromatic nitrogens is 1. The average Bonchev–Trinajstić information content (AvgIpc) is 2.86. The highest BCUT2D eigenvalue weighted by Gasteiger charge is 2.40. The second-order valence-electron chi connectivity index (χ2n) is 9.97. The molecule has 1 aromatic carbocycles. The normalized spacial score (nSPS) is 18.5. The van der Waals surface area contributed by atoms with Gasteiger partial charge in [-0.25, -0.2) is 4.98 Å². The molecule has 0 N–H and O–H groups in total. The second-order valence-corrected chi connectivity index (χ2v) is 9.97. The van der Waals surface area contributed by atoms with Gasteiger partial charge in [0.2, 0.25) is 0 Å². The number of benzene rings is 1. The van der Waals surface area contributed by atoms with Crippen LogP contribution in [0.25, 0.3) is 0 Å². The molecule has 6 nitrogen and oxygen atoms in total. The number of hydrogen-bond acceptors (Lipinski definition) is 6. The lowest BCUT2D eigenvalue weighted by Gasteiger charge is -2.47. The number of likely N-dealkylation sites (tertiary alicyclic amines) is 1. The van der Waals surface area contributed by atoms with Crippen molar-refractivity contribution in [1.82, 2.24) is 9.88 Å². The maximum Gasteiger partial charge on any atom is 0.128 e. The number of morpholine rings is 1.